The number of rotatable bonds is 13. The molecule has 0 aromatic heterocycles. The van der Waals surface area contributed by atoms with Crippen molar-refractivity contribution < 1.29 is 28.5 Å². The standard InChI is InChI=1S/C27H32O6/c1-6-13-21-17-23(30-5)18-22(14-7-2)24(21)33-27(25(28)31-8-3,26(29)32-9-4)19-20-15-11-10-12-16-20/h6-7,10-12,15-18H,1-2,8-9,13-14,19H2,3-5H3. The largest absolute Gasteiger partial charge is 0.497 e. The fourth-order valence-electron chi connectivity index (χ4n) is 3.49. The van der Waals surface area contributed by atoms with Crippen LogP contribution in [0.5, 0.6) is 11.5 Å². The van der Waals surface area contributed by atoms with Crippen LogP contribution in [0.4, 0.5) is 0 Å². The lowest BCUT2D eigenvalue weighted by Gasteiger charge is -2.32. The van der Waals surface area contributed by atoms with Crippen molar-refractivity contribution in [3.8, 4) is 11.5 Å². The average Bonchev–Trinajstić information content (AvgIpc) is 2.81. The Morgan fingerprint density at radius 2 is 1.42 bits per heavy atom. The molecule has 6 nitrogen and oxygen atoms in total. The fourth-order valence-corrected chi connectivity index (χ4v) is 3.49. The van der Waals surface area contributed by atoms with Crippen molar-refractivity contribution in [3.05, 3.63) is 84.5 Å². The second-order valence-electron chi connectivity index (χ2n) is 7.29. The number of hydrogen-bond acceptors (Lipinski definition) is 6. The van der Waals surface area contributed by atoms with Crippen LogP contribution in [0.1, 0.15) is 30.5 Å². The maximum atomic E-state index is 13.3. The van der Waals surface area contributed by atoms with Gasteiger partial charge in [0, 0.05) is 17.5 Å². The van der Waals surface area contributed by atoms with Crippen LogP contribution in [-0.4, -0.2) is 37.9 Å². The van der Waals surface area contributed by atoms with E-state index in [2.05, 4.69) is 13.2 Å². The van der Waals surface area contributed by atoms with Gasteiger partial charge in [-0.05, 0) is 44.4 Å². The van der Waals surface area contributed by atoms with Gasteiger partial charge in [0.25, 0.3) is 0 Å². The third-order valence-electron chi connectivity index (χ3n) is 4.96. The second-order valence-corrected chi connectivity index (χ2v) is 7.29. The van der Waals surface area contributed by atoms with Gasteiger partial charge in [-0.2, -0.15) is 0 Å². The average molecular weight is 453 g/mol. The molecule has 0 unspecified atom stereocenters. The highest BCUT2D eigenvalue weighted by Gasteiger charge is 2.52. The van der Waals surface area contributed by atoms with Gasteiger partial charge >= 0.3 is 17.5 Å². The maximum Gasteiger partial charge on any atom is 0.362 e. The number of carbonyl (C=O) groups excluding carboxylic acids is 2. The van der Waals surface area contributed by atoms with E-state index in [4.69, 9.17) is 18.9 Å². The molecule has 0 N–H and O–H groups in total. The molecule has 33 heavy (non-hydrogen) atoms. The first-order chi connectivity index (χ1) is 15.9. The molecule has 0 amide bonds. The van der Waals surface area contributed by atoms with Crippen LogP contribution in [0.25, 0.3) is 0 Å². The lowest BCUT2D eigenvalue weighted by Crippen LogP contribution is -2.55. The fraction of sp³-hybridized carbons (Fsp3) is 0.333. The van der Waals surface area contributed by atoms with Crippen LogP contribution in [0.3, 0.4) is 0 Å². The topological polar surface area (TPSA) is 71.1 Å². The molecule has 2 aromatic carbocycles. The highest BCUT2D eigenvalue weighted by molar-refractivity contribution is 6.04. The van der Waals surface area contributed by atoms with Crippen LogP contribution in [0.2, 0.25) is 0 Å². The van der Waals surface area contributed by atoms with Gasteiger partial charge < -0.3 is 18.9 Å². The lowest BCUT2D eigenvalue weighted by molar-refractivity contribution is -0.179. The smallest absolute Gasteiger partial charge is 0.362 e. The van der Waals surface area contributed by atoms with Gasteiger partial charge in [0.1, 0.15) is 11.5 Å². The quantitative estimate of drug-likeness (QED) is 0.251. The SMILES string of the molecule is C=CCc1cc(OC)cc(CC=C)c1OC(Cc1ccccc1)(C(=O)OCC)C(=O)OCC. The van der Waals surface area contributed by atoms with Gasteiger partial charge in [0.15, 0.2) is 0 Å². The molecule has 0 bridgehead atoms. The molecule has 0 spiro atoms. The zero-order valence-corrected chi connectivity index (χ0v) is 19.6. The zero-order chi connectivity index (χ0) is 24.3. The van der Waals surface area contributed by atoms with Gasteiger partial charge in [0.2, 0.25) is 0 Å². The number of carbonyl (C=O) groups is 2. The Morgan fingerprint density at radius 1 is 0.909 bits per heavy atom. The zero-order valence-electron chi connectivity index (χ0n) is 19.6. The molecule has 0 saturated heterocycles. The summed E-state index contributed by atoms with van der Waals surface area (Å²) < 4.78 is 22.5. The van der Waals surface area contributed by atoms with Crippen LogP contribution in [-0.2, 0) is 38.3 Å². The van der Waals surface area contributed by atoms with Crippen molar-refractivity contribution in [2.45, 2.75) is 38.7 Å². The van der Waals surface area contributed by atoms with E-state index in [0.29, 0.717) is 35.5 Å². The van der Waals surface area contributed by atoms with Crippen molar-refractivity contribution in [1.82, 2.24) is 0 Å². The summed E-state index contributed by atoms with van der Waals surface area (Å²) in [5.74, 6) is -0.612. The molecule has 2 rings (SSSR count). The van der Waals surface area contributed by atoms with E-state index in [-0.39, 0.29) is 19.6 Å². The van der Waals surface area contributed by atoms with E-state index in [1.54, 1.807) is 45.2 Å². The van der Waals surface area contributed by atoms with Gasteiger partial charge in [-0.15, -0.1) is 13.2 Å². The Bertz CT molecular complexity index is 915. The van der Waals surface area contributed by atoms with E-state index in [9.17, 15) is 9.59 Å². The highest BCUT2D eigenvalue weighted by Crippen LogP contribution is 2.36. The molecule has 176 valence electrons. The van der Waals surface area contributed by atoms with Gasteiger partial charge in [-0.1, -0.05) is 42.5 Å². The van der Waals surface area contributed by atoms with E-state index >= 15 is 0 Å². The van der Waals surface area contributed by atoms with Crippen LogP contribution in [0, 0.1) is 0 Å². The molecule has 0 saturated carbocycles. The first-order valence-corrected chi connectivity index (χ1v) is 10.9. The number of methoxy groups -OCH3 is 1. The predicted octanol–water partition coefficient (Wildman–Crippen LogP) is 4.64. The third kappa shape index (κ3) is 6.25. The first kappa shape index (κ1) is 25.7. The van der Waals surface area contributed by atoms with Crippen molar-refractivity contribution in [1.29, 1.82) is 0 Å². The molecular weight excluding hydrogens is 420 g/mol. The van der Waals surface area contributed by atoms with E-state index in [0.717, 1.165) is 5.56 Å². The molecule has 0 atom stereocenters. The minimum absolute atomic E-state index is 0.0569. The third-order valence-corrected chi connectivity index (χ3v) is 4.96. The molecule has 2 aromatic rings. The number of allylic oxidation sites excluding steroid dienone is 2. The molecule has 6 heteroatoms. The van der Waals surface area contributed by atoms with Crippen LogP contribution < -0.4 is 9.47 Å². The summed E-state index contributed by atoms with van der Waals surface area (Å²) in [6, 6.07) is 12.8. The van der Waals surface area contributed by atoms with Crippen LogP contribution in [0.15, 0.2) is 67.8 Å². The molecule has 0 fully saturated rings. The summed E-state index contributed by atoms with van der Waals surface area (Å²) >= 11 is 0. The Labute approximate surface area is 195 Å². The Morgan fingerprint density at radius 3 is 1.85 bits per heavy atom. The summed E-state index contributed by atoms with van der Waals surface area (Å²) in [7, 11) is 1.57. The minimum Gasteiger partial charge on any atom is -0.497 e. The summed E-state index contributed by atoms with van der Waals surface area (Å²) in [4.78, 5) is 26.7. The van der Waals surface area contributed by atoms with E-state index in [1.807, 2.05) is 30.3 Å². The maximum absolute atomic E-state index is 13.3. The number of benzene rings is 2. The molecule has 0 heterocycles. The minimum atomic E-state index is -2.03. The Hall–Kier alpha value is -3.54. The Balaban J connectivity index is 2.75. The predicted molar refractivity (Wildman–Crippen MR) is 128 cm³/mol. The number of hydrogen-bond donors (Lipinski definition) is 0. The van der Waals surface area contributed by atoms with Gasteiger partial charge in [-0.3, -0.25) is 0 Å². The summed E-state index contributed by atoms with van der Waals surface area (Å²) in [5.41, 5.74) is 0.121. The Kier molecular flexibility index (Phi) is 9.73. The van der Waals surface area contributed by atoms with Crippen molar-refractivity contribution in [3.63, 3.8) is 0 Å². The van der Waals surface area contributed by atoms with Gasteiger partial charge in [0.05, 0.1) is 20.3 Å². The molecular formula is C27H32O6. The number of ether oxygens (including phenoxy) is 4. The summed E-state index contributed by atoms with van der Waals surface area (Å²) in [6.07, 6.45) is 4.24. The summed E-state index contributed by atoms with van der Waals surface area (Å²) in [5, 5.41) is 0. The second kappa shape index (κ2) is 12.5. The van der Waals surface area contributed by atoms with Gasteiger partial charge in [-0.25, -0.2) is 9.59 Å². The van der Waals surface area contributed by atoms with Crippen molar-refractivity contribution >= 4 is 11.9 Å². The molecule has 0 aliphatic carbocycles. The highest BCUT2D eigenvalue weighted by atomic mass is 16.6. The molecule has 0 radical (unpaired) electrons. The monoisotopic (exact) mass is 452 g/mol. The van der Waals surface area contributed by atoms with E-state index < -0.39 is 17.5 Å². The lowest BCUT2D eigenvalue weighted by atomic mass is 9.93. The van der Waals surface area contributed by atoms with Crippen LogP contribution >= 0.6 is 0 Å². The van der Waals surface area contributed by atoms with Crippen molar-refractivity contribution in [2.75, 3.05) is 20.3 Å². The molecule has 0 aliphatic heterocycles. The first-order valence-electron chi connectivity index (χ1n) is 10.9. The molecule has 0 aliphatic rings. The number of esters is 2. The normalized spacial score (nSPS) is 10.8. The van der Waals surface area contributed by atoms with Crippen molar-refractivity contribution in [2.24, 2.45) is 0 Å². The summed E-state index contributed by atoms with van der Waals surface area (Å²) in [6.45, 7) is 11.2. The van der Waals surface area contributed by atoms with E-state index in [1.165, 1.54) is 0 Å².